The van der Waals surface area contributed by atoms with Crippen LogP contribution in [0.25, 0.3) is 44.7 Å². The van der Waals surface area contributed by atoms with E-state index in [0.717, 1.165) is 5.56 Å². The van der Waals surface area contributed by atoms with E-state index in [1.54, 1.807) is 6.20 Å². The van der Waals surface area contributed by atoms with Crippen molar-refractivity contribution in [2.45, 2.75) is 167 Å². The normalized spacial score (nSPS) is 13.0. The molecule has 0 aliphatic heterocycles. The lowest BCUT2D eigenvalue weighted by Crippen LogP contribution is -2.10. The minimum Gasteiger partial charge on any atom is -0.309 e. The molecule has 8 aromatic rings. The third-order valence-electron chi connectivity index (χ3n) is 11.4. The first-order chi connectivity index (χ1) is 36.4. The number of hydrogen-bond donors (Lipinski definition) is 0. The molecule has 0 atom stereocenters. The van der Waals surface area contributed by atoms with Crippen LogP contribution in [0.1, 0.15) is 180 Å². The molecule has 0 radical (unpaired) electrons. The van der Waals surface area contributed by atoms with E-state index in [1.165, 1.54) is 49.7 Å². The number of para-hydroxylation sites is 2. The van der Waals surface area contributed by atoms with Crippen LogP contribution in [0.15, 0.2) is 194 Å². The van der Waals surface area contributed by atoms with E-state index < -0.39 is 0 Å². The molecule has 0 bridgehead atoms. The molecular weight excluding hydrogens is 893 g/mol. The zero-order valence-corrected chi connectivity index (χ0v) is 49.6. The number of allylic oxidation sites excluding steroid dienone is 3. The first kappa shape index (κ1) is 54.0. The molecule has 0 amide bonds. The van der Waals surface area contributed by atoms with Gasteiger partial charge in [0.15, 0.2) is 0 Å². The predicted molar refractivity (Wildman–Crippen MR) is 332 cm³/mol. The lowest BCUT2D eigenvalue weighted by molar-refractivity contribution is 0.469. The average molecular weight is 995 g/mol. The fourth-order valence-corrected chi connectivity index (χ4v) is 7.44. The zero-order valence-electron chi connectivity index (χ0n) is 54.6. The van der Waals surface area contributed by atoms with E-state index in [-0.39, 0.29) is 57.4 Å². The van der Waals surface area contributed by atoms with E-state index in [1.807, 2.05) is 50.4 Å². The van der Waals surface area contributed by atoms with Gasteiger partial charge in [-0.2, -0.15) is 0 Å². The van der Waals surface area contributed by atoms with Gasteiger partial charge in [-0.25, -0.2) is 0 Å². The summed E-state index contributed by atoms with van der Waals surface area (Å²) in [6.45, 7) is 45.7. The Morgan fingerprint density at radius 3 is 1.16 bits per heavy atom. The lowest BCUT2D eigenvalue weighted by Gasteiger charge is -2.19. The molecule has 0 saturated heterocycles. The molecule has 0 unspecified atom stereocenters. The van der Waals surface area contributed by atoms with Gasteiger partial charge in [-0.05, 0) is 116 Å². The van der Waals surface area contributed by atoms with Crippen LogP contribution in [0, 0.1) is 10.8 Å². The Morgan fingerprint density at radius 1 is 0.419 bits per heavy atom. The molecule has 0 fully saturated rings. The smallest absolute Gasteiger partial charge is 0.0629 e. The quantitative estimate of drug-likeness (QED) is 0.161. The molecule has 394 valence electrons. The molecule has 0 aliphatic rings. The molecule has 6 aromatic carbocycles. The Hall–Kier alpha value is -6.25. The summed E-state index contributed by atoms with van der Waals surface area (Å²) in [5, 5.41) is 2.62. The Bertz CT molecular complexity index is 3100. The number of hydrogen-bond acceptors (Lipinski definition) is 1. The number of pyridine rings is 1. The van der Waals surface area contributed by atoms with Gasteiger partial charge in [-0.15, -0.1) is 0 Å². The SMILES string of the molecule is C/C=C/C(C)(C)C.C/C=C/c1ccc(C(C)(C)C)cc1.CC(C)(C)C.CC(C)(C)c1ccc(-n2c3ccccc3c3ccccc32)cc1.CC(C)(C)c1cccnc1.[2H]c1c([2H])c([2H])c(-c2ccc(C(C)(C)C)cc2)c([2H])c1[2H]. The first-order valence-electron chi connectivity index (χ1n) is 28.9. The minimum atomic E-state index is -0.361. The molecule has 74 heavy (non-hydrogen) atoms. The maximum absolute atomic E-state index is 7.98. The summed E-state index contributed by atoms with van der Waals surface area (Å²) in [5.74, 6) is 0. The molecule has 0 saturated carbocycles. The summed E-state index contributed by atoms with van der Waals surface area (Å²) >= 11 is 0. The van der Waals surface area contributed by atoms with Gasteiger partial charge in [0.05, 0.1) is 17.9 Å². The first-order valence-corrected chi connectivity index (χ1v) is 26.4. The summed E-state index contributed by atoms with van der Waals surface area (Å²) in [4.78, 5) is 4.05. The molecule has 2 heterocycles. The van der Waals surface area contributed by atoms with Crippen LogP contribution < -0.4 is 0 Å². The van der Waals surface area contributed by atoms with Crippen LogP contribution in [0.5, 0.6) is 0 Å². The van der Waals surface area contributed by atoms with Gasteiger partial charge in [-0.3, -0.25) is 4.98 Å². The lowest BCUT2D eigenvalue weighted by atomic mass is 9.86. The fraction of sp³-hybridized carbons (Fsp3) is 0.375. The van der Waals surface area contributed by atoms with E-state index >= 15 is 0 Å². The van der Waals surface area contributed by atoms with Gasteiger partial charge in [-0.1, -0.05) is 289 Å². The van der Waals surface area contributed by atoms with Crippen LogP contribution in [0.4, 0.5) is 0 Å². The van der Waals surface area contributed by atoms with Crippen molar-refractivity contribution in [3.05, 3.63) is 222 Å². The van der Waals surface area contributed by atoms with Crippen LogP contribution in [0.2, 0.25) is 0 Å². The summed E-state index contributed by atoms with van der Waals surface area (Å²) in [6, 6.07) is 45.3. The Morgan fingerprint density at radius 2 is 0.824 bits per heavy atom. The second-order valence-corrected chi connectivity index (χ2v) is 25.7. The van der Waals surface area contributed by atoms with Crippen molar-refractivity contribution in [3.8, 4) is 16.8 Å². The minimum absolute atomic E-state index is 0.0122. The van der Waals surface area contributed by atoms with Gasteiger partial charge < -0.3 is 4.57 Å². The van der Waals surface area contributed by atoms with Crippen LogP contribution in [-0.4, -0.2) is 9.55 Å². The number of rotatable bonds is 3. The monoisotopic (exact) mass is 994 g/mol. The molecule has 0 spiro atoms. The van der Waals surface area contributed by atoms with Crippen molar-refractivity contribution in [3.63, 3.8) is 0 Å². The number of nitrogens with zero attached hydrogens (tertiary/aromatic N) is 2. The van der Waals surface area contributed by atoms with Gasteiger partial charge in [0.25, 0.3) is 0 Å². The highest BCUT2D eigenvalue weighted by atomic mass is 15.0. The van der Waals surface area contributed by atoms with E-state index in [9.17, 15) is 0 Å². The van der Waals surface area contributed by atoms with Crippen molar-refractivity contribution in [2.24, 2.45) is 10.8 Å². The molecular formula is C72H96N2. The van der Waals surface area contributed by atoms with Gasteiger partial charge >= 0.3 is 0 Å². The van der Waals surface area contributed by atoms with Crippen LogP contribution in [-0.2, 0) is 21.7 Å². The summed E-state index contributed by atoms with van der Waals surface area (Å²) in [6.07, 6.45) is 12.2. The second kappa shape index (κ2) is 27.3. The highest BCUT2D eigenvalue weighted by molar-refractivity contribution is 6.09. The van der Waals surface area contributed by atoms with E-state index in [0.29, 0.717) is 16.4 Å². The third kappa shape index (κ3) is 21.7. The fourth-order valence-electron chi connectivity index (χ4n) is 7.44. The zero-order chi connectivity index (χ0) is 59.9. The second-order valence-electron chi connectivity index (χ2n) is 25.7. The average Bonchev–Trinajstić information content (AvgIpc) is 3.76. The molecule has 2 aromatic heterocycles. The van der Waals surface area contributed by atoms with Crippen LogP contribution in [0.3, 0.4) is 0 Å². The van der Waals surface area contributed by atoms with Gasteiger partial charge in [0, 0.05) is 28.9 Å². The maximum atomic E-state index is 7.98. The number of fused-ring (bicyclic) bond motifs is 3. The van der Waals surface area contributed by atoms with Crippen molar-refractivity contribution >= 4 is 27.9 Å². The highest BCUT2D eigenvalue weighted by Crippen LogP contribution is 2.33. The Kier molecular flexibility index (Phi) is 20.0. The van der Waals surface area contributed by atoms with Crippen molar-refractivity contribution in [1.29, 1.82) is 0 Å². The molecule has 2 heteroatoms. The van der Waals surface area contributed by atoms with Crippen LogP contribution >= 0.6 is 0 Å². The largest absolute Gasteiger partial charge is 0.309 e. The van der Waals surface area contributed by atoms with Gasteiger partial charge in [0.2, 0.25) is 0 Å². The topological polar surface area (TPSA) is 17.8 Å². The Balaban J connectivity index is 0.000000268. The van der Waals surface area contributed by atoms with E-state index in [4.69, 9.17) is 6.85 Å². The summed E-state index contributed by atoms with van der Waals surface area (Å²) in [5.41, 5.74) is 12.6. The Labute approximate surface area is 459 Å². The van der Waals surface area contributed by atoms with Crippen molar-refractivity contribution < 1.29 is 6.85 Å². The number of aromatic nitrogens is 2. The van der Waals surface area contributed by atoms with E-state index in [2.05, 4.69) is 269 Å². The maximum Gasteiger partial charge on any atom is 0.0629 e. The highest BCUT2D eigenvalue weighted by Gasteiger charge is 2.17. The molecule has 0 aliphatic carbocycles. The molecule has 8 rings (SSSR count). The van der Waals surface area contributed by atoms with Crippen molar-refractivity contribution in [1.82, 2.24) is 9.55 Å². The molecule has 2 nitrogen and oxygen atoms in total. The summed E-state index contributed by atoms with van der Waals surface area (Å²) in [7, 11) is 0. The number of benzene rings is 6. The summed E-state index contributed by atoms with van der Waals surface area (Å²) < 4.78 is 41.4. The molecule has 0 N–H and O–H groups in total. The van der Waals surface area contributed by atoms with Gasteiger partial charge in [0.1, 0.15) is 0 Å². The standard InChI is InChI=1S/C22H21N.C16H18.C13H18.C9H13N.C7H14.C5H12/c1-22(2,3)16-12-14-17(15-13-16)23-20-10-6-4-8-18(20)19-9-5-7-11-21(19)23;1-16(2,3)15-11-9-14(10-12-15)13-7-5-4-6-8-13;1-5-6-11-7-9-12(10-8-11)13(2,3)4;1-9(2,3)8-5-4-6-10-7-8;1-5-6-7(2,3)4;1-5(2,3)4/h4-15H,1-3H3;4-12H,1-3H3;5-10H,1-4H3;4-7H,1-3H3;5-6H,1-4H3;1-4H3/b;;6-5+;;6-5+;/i;4D,5D,6D,7D,8D;;;;. The van der Waals surface area contributed by atoms with Crippen molar-refractivity contribution in [2.75, 3.05) is 0 Å². The predicted octanol–water partition coefficient (Wildman–Crippen LogP) is 21.8. The third-order valence-corrected chi connectivity index (χ3v) is 11.4.